The first-order chi connectivity index (χ1) is 15.2. The second-order valence-corrected chi connectivity index (χ2v) is 8.01. The molecule has 0 aromatic carbocycles. The average Bonchev–Trinajstić information content (AvgIpc) is 3.28. The number of nitrogens with zero attached hydrogens (tertiary/aromatic N) is 5. The smallest absolute Gasteiger partial charge is 0.276 e. The monoisotopic (exact) mass is 419 g/mol. The van der Waals surface area contributed by atoms with Gasteiger partial charge in [0.25, 0.3) is 5.91 Å². The molecule has 7 heteroatoms. The Hall–Kier alpha value is -3.09. The van der Waals surface area contributed by atoms with Crippen LogP contribution >= 0.6 is 0 Å². The van der Waals surface area contributed by atoms with E-state index in [2.05, 4.69) is 29.0 Å². The Morgan fingerprint density at radius 1 is 1.16 bits per heavy atom. The van der Waals surface area contributed by atoms with Gasteiger partial charge in [0.1, 0.15) is 11.6 Å². The standard InChI is InChI=1S/C24H29N5O2/c1-3-7-18-15-20(28-31-18)24(30)29-14-6-5-9-21(29)23-19(17-10-12-25-13-11-17)16-26-22(27-23)8-4-2/h10-13,15-16,21H,3-9,14H2,1-2H3/t21-/m0/s1. The van der Waals surface area contributed by atoms with Crippen molar-refractivity contribution in [3.05, 3.63) is 59.8 Å². The largest absolute Gasteiger partial charge is 0.361 e. The van der Waals surface area contributed by atoms with Gasteiger partial charge in [0.05, 0.1) is 11.7 Å². The minimum Gasteiger partial charge on any atom is -0.361 e. The van der Waals surface area contributed by atoms with E-state index in [9.17, 15) is 4.79 Å². The number of hydrogen-bond donors (Lipinski definition) is 0. The van der Waals surface area contributed by atoms with Crippen molar-refractivity contribution in [3.8, 4) is 11.1 Å². The molecule has 0 N–H and O–H groups in total. The molecule has 162 valence electrons. The van der Waals surface area contributed by atoms with Gasteiger partial charge < -0.3 is 9.42 Å². The van der Waals surface area contributed by atoms with E-state index in [1.54, 1.807) is 18.5 Å². The van der Waals surface area contributed by atoms with Crippen molar-refractivity contribution in [2.24, 2.45) is 0 Å². The lowest BCUT2D eigenvalue weighted by Gasteiger charge is -2.35. The van der Waals surface area contributed by atoms with Gasteiger partial charge in [-0.3, -0.25) is 9.78 Å². The van der Waals surface area contributed by atoms with E-state index in [0.29, 0.717) is 12.2 Å². The summed E-state index contributed by atoms with van der Waals surface area (Å²) in [4.78, 5) is 29.0. The molecule has 31 heavy (non-hydrogen) atoms. The van der Waals surface area contributed by atoms with Gasteiger partial charge in [-0.25, -0.2) is 9.97 Å². The fraction of sp³-hybridized carbons (Fsp3) is 0.458. The predicted molar refractivity (Wildman–Crippen MR) is 117 cm³/mol. The van der Waals surface area contributed by atoms with E-state index in [1.165, 1.54) is 0 Å². The maximum atomic E-state index is 13.4. The van der Waals surface area contributed by atoms with E-state index in [0.717, 1.165) is 73.4 Å². The molecule has 0 aliphatic carbocycles. The van der Waals surface area contributed by atoms with Crippen LogP contribution in [0, 0.1) is 0 Å². The number of piperidine rings is 1. The van der Waals surface area contributed by atoms with Crippen LogP contribution in [0.4, 0.5) is 0 Å². The summed E-state index contributed by atoms with van der Waals surface area (Å²) >= 11 is 0. The molecule has 1 fully saturated rings. The lowest BCUT2D eigenvalue weighted by molar-refractivity contribution is 0.0595. The SMILES string of the molecule is CCCc1ncc(-c2ccncc2)c([C@@H]2CCCCN2C(=O)c2cc(CCC)on2)n1. The lowest BCUT2D eigenvalue weighted by atomic mass is 9.93. The quantitative estimate of drug-likeness (QED) is 0.547. The summed E-state index contributed by atoms with van der Waals surface area (Å²) < 4.78 is 5.37. The number of aromatic nitrogens is 4. The minimum absolute atomic E-state index is 0.0906. The summed E-state index contributed by atoms with van der Waals surface area (Å²) in [6.45, 7) is 4.88. The first-order valence-corrected chi connectivity index (χ1v) is 11.2. The molecular weight excluding hydrogens is 390 g/mol. The van der Waals surface area contributed by atoms with Gasteiger partial charge in [-0.1, -0.05) is 19.0 Å². The molecule has 0 spiro atoms. The van der Waals surface area contributed by atoms with Crippen molar-refractivity contribution in [2.45, 2.75) is 64.8 Å². The van der Waals surface area contributed by atoms with Crippen molar-refractivity contribution in [2.75, 3.05) is 6.54 Å². The van der Waals surface area contributed by atoms with Crippen molar-refractivity contribution < 1.29 is 9.32 Å². The molecule has 7 nitrogen and oxygen atoms in total. The third-order valence-corrected chi connectivity index (χ3v) is 5.69. The number of rotatable bonds is 7. The van der Waals surface area contributed by atoms with E-state index >= 15 is 0 Å². The predicted octanol–water partition coefficient (Wildman–Crippen LogP) is 4.80. The number of pyridine rings is 1. The highest BCUT2D eigenvalue weighted by atomic mass is 16.5. The summed E-state index contributed by atoms with van der Waals surface area (Å²) in [5.74, 6) is 1.48. The average molecular weight is 420 g/mol. The zero-order valence-electron chi connectivity index (χ0n) is 18.3. The number of amides is 1. The summed E-state index contributed by atoms with van der Waals surface area (Å²) in [5, 5.41) is 4.06. The Kier molecular flexibility index (Phi) is 6.70. The summed E-state index contributed by atoms with van der Waals surface area (Å²) in [6.07, 6.45) is 11.8. The zero-order chi connectivity index (χ0) is 21.6. The number of carbonyl (C=O) groups is 1. The van der Waals surface area contributed by atoms with Crippen LogP contribution in [0.25, 0.3) is 11.1 Å². The highest BCUT2D eigenvalue weighted by molar-refractivity contribution is 5.92. The number of carbonyl (C=O) groups excluding carboxylic acids is 1. The van der Waals surface area contributed by atoms with Crippen LogP contribution in [0.15, 0.2) is 41.3 Å². The Labute approximate surface area is 182 Å². The van der Waals surface area contributed by atoms with Crippen molar-refractivity contribution >= 4 is 5.91 Å². The van der Waals surface area contributed by atoms with Crippen LogP contribution in [0.2, 0.25) is 0 Å². The molecule has 0 saturated carbocycles. The molecule has 1 aliphatic rings. The normalized spacial score (nSPS) is 16.5. The molecule has 0 bridgehead atoms. The second-order valence-electron chi connectivity index (χ2n) is 8.01. The number of aryl methyl sites for hydroxylation is 2. The summed E-state index contributed by atoms with van der Waals surface area (Å²) in [5.41, 5.74) is 3.26. The molecule has 1 saturated heterocycles. The fourth-order valence-corrected chi connectivity index (χ4v) is 4.17. The fourth-order valence-electron chi connectivity index (χ4n) is 4.17. The third-order valence-electron chi connectivity index (χ3n) is 5.69. The second kappa shape index (κ2) is 9.81. The third kappa shape index (κ3) is 4.65. The molecule has 1 amide bonds. The summed E-state index contributed by atoms with van der Waals surface area (Å²) in [7, 11) is 0. The molecule has 3 aromatic rings. The number of hydrogen-bond acceptors (Lipinski definition) is 6. The first kappa shape index (κ1) is 21.2. The molecule has 1 atom stereocenters. The Bertz CT molecular complexity index is 1020. The van der Waals surface area contributed by atoms with E-state index in [-0.39, 0.29) is 11.9 Å². The van der Waals surface area contributed by atoms with Gasteiger partial charge in [0.15, 0.2) is 5.69 Å². The lowest BCUT2D eigenvalue weighted by Crippen LogP contribution is -2.39. The topological polar surface area (TPSA) is 85.0 Å². The Balaban J connectivity index is 1.72. The zero-order valence-corrected chi connectivity index (χ0v) is 18.3. The Morgan fingerprint density at radius 2 is 1.97 bits per heavy atom. The van der Waals surface area contributed by atoms with Gasteiger partial charge in [0, 0.05) is 49.6 Å². The van der Waals surface area contributed by atoms with Crippen LogP contribution in [0.1, 0.15) is 79.8 Å². The number of likely N-dealkylation sites (tertiary alicyclic amines) is 1. The van der Waals surface area contributed by atoms with Crippen molar-refractivity contribution in [3.63, 3.8) is 0 Å². The van der Waals surface area contributed by atoms with E-state index in [1.807, 2.05) is 23.2 Å². The van der Waals surface area contributed by atoms with E-state index < -0.39 is 0 Å². The summed E-state index contributed by atoms with van der Waals surface area (Å²) in [6, 6.07) is 5.59. The van der Waals surface area contributed by atoms with Crippen LogP contribution in [0.3, 0.4) is 0 Å². The van der Waals surface area contributed by atoms with Crippen LogP contribution in [-0.4, -0.2) is 37.5 Å². The molecular formula is C24H29N5O2. The van der Waals surface area contributed by atoms with Gasteiger partial charge in [-0.15, -0.1) is 0 Å². The van der Waals surface area contributed by atoms with Crippen LogP contribution in [-0.2, 0) is 12.8 Å². The molecule has 0 unspecified atom stereocenters. The van der Waals surface area contributed by atoms with Crippen molar-refractivity contribution in [1.82, 2.24) is 25.0 Å². The molecule has 0 radical (unpaired) electrons. The van der Waals surface area contributed by atoms with E-state index in [4.69, 9.17) is 9.51 Å². The maximum absolute atomic E-state index is 13.4. The minimum atomic E-state index is -0.116. The highest BCUT2D eigenvalue weighted by Gasteiger charge is 2.33. The molecule has 4 heterocycles. The molecule has 1 aliphatic heterocycles. The first-order valence-electron chi connectivity index (χ1n) is 11.2. The highest BCUT2D eigenvalue weighted by Crippen LogP contribution is 2.36. The van der Waals surface area contributed by atoms with Crippen LogP contribution in [0.5, 0.6) is 0 Å². The van der Waals surface area contributed by atoms with Crippen LogP contribution < -0.4 is 0 Å². The Morgan fingerprint density at radius 3 is 2.74 bits per heavy atom. The van der Waals surface area contributed by atoms with Crippen molar-refractivity contribution in [1.29, 1.82) is 0 Å². The van der Waals surface area contributed by atoms with Gasteiger partial charge in [-0.2, -0.15) is 0 Å². The molecule has 4 rings (SSSR count). The maximum Gasteiger partial charge on any atom is 0.276 e. The van der Waals surface area contributed by atoms with Gasteiger partial charge in [0.2, 0.25) is 0 Å². The van der Waals surface area contributed by atoms with Gasteiger partial charge >= 0.3 is 0 Å². The van der Waals surface area contributed by atoms with Gasteiger partial charge in [-0.05, 0) is 49.8 Å². The molecule has 3 aromatic heterocycles.